The molecule has 0 aliphatic rings. The van der Waals surface area contributed by atoms with Gasteiger partial charge in [-0.05, 0) is 38.0 Å². The average molecular weight is 789 g/mol. The summed E-state index contributed by atoms with van der Waals surface area (Å²) >= 11 is 0. The van der Waals surface area contributed by atoms with Crippen molar-refractivity contribution in [2.75, 3.05) is 85.3 Å². The van der Waals surface area contributed by atoms with Crippen LogP contribution >= 0.6 is 0 Å². The predicted octanol–water partition coefficient (Wildman–Crippen LogP) is 2.85. The molecular weight excluding hydrogens is 729 g/mol. The van der Waals surface area contributed by atoms with Gasteiger partial charge in [0.15, 0.2) is 0 Å². The van der Waals surface area contributed by atoms with Gasteiger partial charge in [-0.1, -0.05) is 19.8 Å². The molecule has 47 heavy (non-hydrogen) atoms. The summed E-state index contributed by atoms with van der Waals surface area (Å²) in [7, 11) is -3.37. The molecule has 0 radical (unpaired) electrons. The van der Waals surface area contributed by atoms with Crippen LogP contribution in [0.15, 0.2) is 0 Å². The van der Waals surface area contributed by atoms with Crippen LogP contribution in [-0.2, 0) is 74.4 Å². The van der Waals surface area contributed by atoms with Gasteiger partial charge in [0.05, 0.1) is 0 Å². The third-order valence-electron chi connectivity index (χ3n) is 7.53. The van der Waals surface area contributed by atoms with Crippen molar-refractivity contribution in [3.8, 4) is 0 Å². The third-order valence-corrected chi connectivity index (χ3v) is 27.0. The maximum atomic E-state index is 13.2. The summed E-state index contributed by atoms with van der Waals surface area (Å²) in [5.74, 6) is -0.128. The minimum absolute atomic E-state index is 0.132. The van der Waals surface area contributed by atoms with E-state index in [1.54, 1.807) is 0 Å². The van der Waals surface area contributed by atoms with Crippen LogP contribution in [0.25, 0.3) is 0 Å². The van der Waals surface area contributed by atoms with E-state index >= 15 is 0 Å². The zero-order valence-corrected chi connectivity index (χ0v) is 37.0. The molecule has 0 unspecified atom stereocenters. The lowest BCUT2D eigenvalue weighted by Gasteiger charge is -2.38. The Morgan fingerprint density at radius 1 is 0.447 bits per heavy atom. The second kappa shape index (κ2) is 22.3. The summed E-state index contributed by atoms with van der Waals surface area (Å²) in [6, 6.07) is 0.865. The van der Waals surface area contributed by atoms with Crippen molar-refractivity contribution in [2.45, 2.75) is 64.2 Å². The third kappa shape index (κ3) is 14.1. The lowest BCUT2D eigenvalue weighted by Crippen LogP contribution is -2.62. The van der Waals surface area contributed by atoms with Crippen LogP contribution in [-0.4, -0.2) is 144 Å². The first-order chi connectivity index (χ1) is 22.1. The van der Waals surface area contributed by atoms with E-state index in [1.807, 2.05) is 20.0 Å². The summed E-state index contributed by atoms with van der Waals surface area (Å²) in [4.78, 5) is 13.2. The Kier molecular flexibility index (Phi) is 22.5. The van der Waals surface area contributed by atoms with E-state index in [2.05, 4.69) is 0 Å². The van der Waals surface area contributed by atoms with Gasteiger partial charge in [0.1, 0.15) is 5.78 Å². The van der Waals surface area contributed by atoms with Crippen LogP contribution in [0.1, 0.15) is 39.0 Å². The van der Waals surface area contributed by atoms with E-state index in [9.17, 15) is 4.79 Å². The van der Waals surface area contributed by atoms with Gasteiger partial charge in [-0.25, -0.2) is 0 Å². The molecule has 0 aromatic rings. The molecule has 0 rings (SSSR count). The summed E-state index contributed by atoms with van der Waals surface area (Å²) in [6.07, 6.45) is 2.65. The second-order valence-corrected chi connectivity index (χ2v) is 28.1. The highest BCUT2D eigenvalue weighted by molar-refractivity contribution is 6.81. The first kappa shape index (κ1) is 47.3. The Labute approximate surface area is 288 Å². The van der Waals surface area contributed by atoms with Crippen molar-refractivity contribution in [1.82, 2.24) is 0 Å². The van der Waals surface area contributed by atoms with Gasteiger partial charge in [-0.3, -0.25) is 4.79 Å². The van der Waals surface area contributed by atoms with E-state index in [4.69, 9.17) is 69.6 Å². The maximum absolute atomic E-state index is 13.2. The first-order valence-corrected chi connectivity index (χ1v) is 26.6. The molecule has 17 nitrogen and oxygen atoms in total. The Morgan fingerprint density at radius 3 is 0.830 bits per heavy atom. The van der Waals surface area contributed by atoms with Crippen molar-refractivity contribution in [3.05, 3.63) is 0 Å². The number of carbonyl (C=O) groups is 1. The highest BCUT2D eigenvalue weighted by Gasteiger charge is 2.58. The topological polar surface area (TPSA) is 165 Å². The molecule has 0 aliphatic heterocycles. The molecule has 0 fully saturated rings. The lowest BCUT2D eigenvalue weighted by molar-refractivity contribution is -0.123. The Morgan fingerprint density at radius 2 is 0.660 bits per heavy atom. The monoisotopic (exact) mass is 788 g/mol. The maximum Gasteiger partial charge on any atom is 0.669 e. The van der Waals surface area contributed by atoms with E-state index in [0.29, 0.717) is 44.2 Å². The molecule has 0 atom stereocenters. The smallest absolute Gasteiger partial charge is 0.370 e. The second-order valence-electron chi connectivity index (χ2n) is 10.4. The first-order valence-electron chi connectivity index (χ1n) is 15.1. The van der Waals surface area contributed by atoms with Gasteiger partial charge in [0, 0.05) is 97.7 Å². The van der Waals surface area contributed by atoms with Crippen LogP contribution < -0.4 is 0 Å². The molecule has 0 bridgehead atoms. The standard InChI is InChI=1S/C24H60O17Si6/c1-16-24(25)23(19-17-21-42(14,38-44(26-2,27-3)28-4)39-45(29-5,30-6)31-7)20-18-22-43(15,40-46(32-8,33-9)34-10)41-47(35-11,36-12)37-13/h23H,16-22H2,1-15H3. The fourth-order valence-electron chi connectivity index (χ4n) is 4.90. The molecule has 0 amide bonds. The van der Waals surface area contributed by atoms with Crippen LogP contribution in [0.4, 0.5) is 0 Å². The molecule has 0 saturated carbocycles. The summed E-state index contributed by atoms with van der Waals surface area (Å²) in [5, 5.41) is 0. The Balaban J connectivity index is 6.11. The lowest BCUT2D eigenvalue weighted by atomic mass is 9.92. The molecule has 282 valence electrons. The fraction of sp³-hybridized carbons (Fsp3) is 0.958. The normalized spacial score (nSPS) is 14.0. The minimum Gasteiger partial charge on any atom is -0.370 e. The van der Waals surface area contributed by atoms with Crippen molar-refractivity contribution in [3.63, 3.8) is 0 Å². The van der Waals surface area contributed by atoms with Gasteiger partial charge in [-0.15, -0.1) is 0 Å². The fourth-order valence-corrected chi connectivity index (χ4v) is 23.8. The van der Waals surface area contributed by atoms with Crippen molar-refractivity contribution in [2.24, 2.45) is 5.92 Å². The summed E-state index contributed by atoms with van der Waals surface area (Å²) in [5.41, 5.74) is 0. The zero-order chi connectivity index (χ0) is 36.4. The van der Waals surface area contributed by atoms with Crippen molar-refractivity contribution < 1.29 is 74.4 Å². The number of Topliss-reactive ketones (excluding diaryl/α,β-unsaturated/α-hetero) is 1. The van der Waals surface area contributed by atoms with Gasteiger partial charge >= 0.3 is 53.3 Å². The van der Waals surface area contributed by atoms with Crippen LogP contribution in [0, 0.1) is 5.92 Å². The molecular formula is C24H60O17Si6. The largest absolute Gasteiger partial charge is 0.669 e. The number of hydrogen-bond donors (Lipinski definition) is 0. The highest BCUT2D eigenvalue weighted by Crippen LogP contribution is 2.32. The van der Waals surface area contributed by atoms with E-state index in [-0.39, 0.29) is 11.7 Å². The van der Waals surface area contributed by atoms with Crippen LogP contribution in [0.3, 0.4) is 0 Å². The zero-order valence-electron chi connectivity index (χ0n) is 31.0. The Bertz CT molecular complexity index is 725. The molecule has 0 aliphatic carbocycles. The van der Waals surface area contributed by atoms with E-state index in [0.717, 1.165) is 0 Å². The SMILES string of the molecule is CCC(=O)C(CCC[Si](C)(O[Si](OC)(OC)OC)O[Si](OC)(OC)OC)CCC[Si](C)(O[Si](OC)(OC)OC)O[Si](OC)(OC)OC. The summed E-state index contributed by atoms with van der Waals surface area (Å²) < 4.78 is 91.9. The molecule has 0 saturated heterocycles. The van der Waals surface area contributed by atoms with E-state index in [1.165, 1.54) is 85.3 Å². The number of carbonyl (C=O) groups excluding carboxylic acids is 1. The van der Waals surface area contributed by atoms with Gasteiger partial charge in [0.2, 0.25) is 0 Å². The quantitative estimate of drug-likeness (QED) is 0.0975. The minimum atomic E-state index is -3.55. The number of ketones is 1. The molecule has 0 N–H and O–H groups in total. The van der Waals surface area contributed by atoms with Crippen molar-refractivity contribution >= 4 is 59.1 Å². The number of hydrogen-bond acceptors (Lipinski definition) is 17. The predicted molar refractivity (Wildman–Crippen MR) is 182 cm³/mol. The molecule has 23 heteroatoms. The van der Waals surface area contributed by atoms with Crippen molar-refractivity contribution in [1.29, 1.82) is 0 Å². The Hall–Kier alpha value is 0.331. The van der Waals surface area contributed by atoms with Crippen LogP contribution in [0.2, 0.25) is 25.2 Å². The number of rotatable bonds is 30. The van der Waals surface area contributed by atoms with Gasteiger partial charge in [0.25, 0.3) is 0 Å². The summed E-state index contributed by atoms with van der Waals surface area (Å²) in [6.45, 7) is 5.52. The van der Waals surface area contributed by atoms with Gasteiger partial charge < -0.3 is 69.6 Å². The molecule has 0 aromatic carbocycles. The molecule has 0 spiro atoms. The molecule has 0 aromatic heterocycles. The van der Waals surface area contributed by atoms with Crippen LogP contribution in [0.5, 0.6) is 0 Å². The highest BCUT2D eigenvalue weighted by atomic mass is 28.5. The average Bonchev–Trinajstić information content (AvgIpc) is 3.10. The van der Waals surface area contributed by atoms with Gasteiger partial charge in [-0.2, -0.15) is 0 Å². The molecule has 0 heterocycles. The van der Waals surface area contributed by atoms with E-state index < -0.39 is 53.3 Å².